The molecular weight excluding hydrogens is 707 g/mol. The number of carbonyl (C=O) groups excluding carboxylic acids is 2. The Labute approximate surface area is 318 Å². The molecule has 1 saturated heterocycles. The van der Waals surface area contributed by atoms with E-state index in [1.54, 1.807) is 42.3 Å². The summed E-state index contributed by atoms with van der Waals surface area (Å²) in [6, 6.07) is 11.2. The summed E-state index contributed by atoms with van der Waals surface area (Å²) in [5.74, 6) is 1.67. The van der Waals surface area contributed by atoms with Crippen molar-refractivity contribution in [3.8, 4) is 5.75 Å². The highest BCUT2D eigenvalue weighted by Gasteiger charge is 2.25. The van der Waals surface area contributed by atoms with Crippen molar-refractivity contribution in [1.82, 2.24) is 44.8 Å². The van der Waals surface area contributed by atoms with Crippen LogP contribution in [0, 0.1) is 5.92 Å². The fourth-order valence-electron chi connectivity index (χ4n) is 6.23. The monoisotopic (exact) mass is 753 g/mol. The molecule has 0 aliphatic carbocycles. The van der Waals surface area contributed by atoms with Crippen LogP contribution in [-0.2, 0) is 28.0 Å². The first-order chi connectivity index (χ1) is 25.9. The number of likely N-dealkylation sites (N-methyl/N-ethyl adjacent to an activating group) is 1. The lowest BCUT2D eigenvalue weighted by Crippen LogP contribution is -2.43. The lowest BCUT2D eigenvalue weighted by atomic mass is 9.93. The van der Waals surface area contributed by atoms with E-state index < -0.39 is 0 Å². The number of hydrogen-bond donors (Lipinski definition) is 2. The molecular formula is C38H47N11O4S. The van der Waals surface area contributed by atoms with E-state index in [1.807, 2.05) is 48.6 Å². The summed E-state index contributed by atoms with van der Waals surface area (Å²) in [5.41, 5.74) is 3.02. The van der Waals surface area contributed by atoms with Crippen molar-refractivity contribution in [1.29, 1.82) is 0 Å². The van der Waals surface area contributed by atoms with E-state index in [-0.39, 0.29) is 35.1 Å². The number of carbonyl (C=O) groups is 2. The molecule has 1 atom stereocenters. The third-order valence-electron chi connectivity index (χ3n) is 9.11. The second-order valence-electron chi connectivity index (χ2n) is 14.8. The topological polar surface area (TPSA) is 165 Å². The molecule has 5 aromatic rings. The van der Waals surface area contributed by atoms with Crippen LogP contribution in [0.5, 0.6) is 5.75 Å². The van der Waals surface area contributed by atoms with Crippen LogP contribution in [0.1, 0.15) is 61.8 Å². The highest BCUT2D eigenvalue weighted by atomic mass is 32.1. The first kappa shape index (κ1) is 38.3. The quantitative estimate of drug-likeness (QED) is 0.180. The van der Waals surface area contributed by atoms with Gasteiger partial charge in [0.1, 0.15) is 17.2 Å². The average Bonchev–Trinajstić information content (AvgIpc) is 3.80. The smallest absolute Gasteiger partial charge is 0.267 e. The number of hydrogen-bond acceptors (Lipinski definition) is 12. The van der Waals surface area contributed by atoms with Gasteiger partial charge in [0.05, 0.1) is 37.9 Å². The largest absolute Gasteiger partial charge is 0.497 e. The predicted molar refractivity (Wildman–Crippen MR) is 210 cm³/mol. The molecule has 1 aromatic carbocycles. The molecule has 0 bridgehead atoms. The molecule has 5 heterocycles. The maximum absolute atomic E-state index is 14.3. The maximum Gasteiger partial charge on any atom is 0.267 e. The molecule has 6 rings (SSSR count). The van der Waals surface area contributed by atoms with E-state index in [0.717, 1.165) is 29.8 Å². The van der Waals surface area contributed by atoms with Crippen molar-refractivity contribution >= 4 is 51.9 Å². The van der Waals surface area contributed by atoms with Gasteiger partial charge >= 0.3 is 0 Å². The predicted octanol–water partition coefficient (Wildman–Crippen LogP) is 3.74. The zero-order valence-electron chi connectivity index (χ0n) is 31.6. The minimum atomic E-state index is -0.268. The lowest BCUT2D eigenvalue weighted by molar-refractivity contribution is -0.122. The number of benzene rings is 1. The highest BCUT2D eigenvalue weighted by Crippen LogP contribution is 2.27. The van der Waals surface area contributed by atoms with Crippen molar-refractivity contribution in [2.45, 2.75) is 52.0 Å². The molecule has 2 N–H and O–H groups in total. The van der Waals surface area contributed by atoms with Crippen LogP contribution in [0.4, 0.5) is 10.9 Å². The van der Waals surface area contributed by atoms with Crippen LogP contribution in [0.2, 0.25) is 0 Å². The first-order valence-electron chi connectivity index (χ1n) is 17.9. The Morgan fingerprint density at radius 2 is 1.87 bits per heavy atom. The summed E-state index contributed by atoms with van der Waals surface area (Å²) in [5, 5.41) is 20.7. The van der Waals surface area contributed by atoms with Gasteiger partial charge < -0.3 is 25.2 Å². The molecule has 0 spiro atoms. The second kappa shape index (κ2) is 16.7. The number of aromatic nitrogens is 7. The molecule has 284 valence electrons. The number of nitrogens with zero attached hydrogens (tertiary/aromatic N) is 9. The second-order valence-corrected chi connectivity index (χ2v) is 15.7. The molecule has 54 heavy (non-hydrogen) atoms. The molecule has 1 aliphatic heterocycles. The normalized spacial score (nSPS) is 14.9. The number of anilines is 2. The summed E-state index contributed by atoms with van der Waals surface area (Å²) < 4.78 is 8.43. The number of rotatable bonds is 13. The summed E-state index contributed by atoms with van der Waals surface area (Å²) in [6.07, 6.45) is 6.99. The average molecular weight is 754 g/mol. The van der Waals surface area contributed by atoms with Gasteiger partial charge in [-0.05, 0) is 90.8 Å². The number of fused-ring (bicyclic) bond motifs is 1. The SMILES string of the molecule is COc1ccc(Cn2nnnc2/C=C/c2c(N3CCCC(CNC(=O)CN(C)C)C3)nc3cc(CC(=O)Nc4nc(C(C)(C)C)cs4)ccn3c2=O)cc1. The molecule has 4 aromatic heterocycles. The van der Waals surface area contributed by atoms with Gasteiger partial charge in [-0.25, -0.2) is 14.6 Å². The number of ether oxygens (including phenoxy) is 1. The van der Waals surface area contributed by atoms with E-state index in [2.05, 4.69) is 56.8 Å². The number of thiazole rings is 1. The third-order valence-corrected chi connectivity index (χ3v) is 9.87. The van der Waals surface area contributed by atoms with Gasteiger partial charge in [-0.15, -0.1) is 16.4 Å². The Bertz CT molecular complexity index is 2180. The van der Waals surface area contributed by atoms with Gasteiger partial charge in [0.15, 0.2) is 11.0 Å². The zero-order chi connectivity index (χ0) is 38.4. The Morgan fingerprint density at radius 3 is 2.59 bits per heavy atom. The molecule has 0 saturated carbocycles. The summed E-state index contributed by atoms with van der Waals surface area (Å²) >= 11 is 1.40. The van der Waals surface area contributed by atoms with Crippen LogP contribution >= 0.6 is 11.3 Å². The van der Waals surface area contributed by atoms with E-state index in [4.69, 9.17) is 9.72 Å². The van der Waals surface area contributed by atoms with E-state index in [9.17, 15) is 14.4 Å². The number of piperidine rings is 1. The Balaban J connectivity index is 1.29. The Morgan fingerprint density at radius 1 is 1.07 bits per heavy atom. The van der Waals surface area contributed by atoms with Crippen LogP contribution in [-0.4, -0.2) is 98.7 Å². The molecule has 2 amide bonds. The summed E-state index contributed by atoms with van der Waals surface area (Å²) in [6.45, 7) is 8.78. The third kappa shape index (κ3) is 9.54. The lowest BCUT2D eigenvalue weighted by Gasteiger charge is -2.34. The van der Waals surface area contributed by atoms with Crippen LogP contribution in [0.25, 0.3) is 17.8 Å². The molecule has 1 unspecified atom stereocenters. The van der Waals surface area contributed by atoms with Crippen LogP contribution < -0.4 is 25.8 Å². The number of nitrogens with one attached hydrogen (secondary N) is 2. The molecule has 15 nitrogen and oxygen atoms in total. The zero-order valence-corrected chi connectivity index (χ0v) is 32.4. The Kier molecular flexibility index (Phi) is 11.8. The van der Waals surface area contributed by atoms with Gasteiger partial charge in [-0.2, -0.15) is 0 Å². The summed E-state index contributed by atoms with van der Waals surface area (Å²) in [4.78, 5) is 53.4. The van der Waals surface area contributed by atoms with Crippen LogP contribution in [0.3, 0.4) is 0 Å². The number of methoxy groups -OCH3 is 1. The molecule has 1 aliphatic rings. The van der Waals surface area contributed by atoms with E-state index >= 15 is 0 Å². The standard InChI is InChI=1S/C38H47N11O4S/c1-38(2,3)30-24-54-37(40-30)42-33(50)19-26-15-17-48-32(18-26)41-35(47-16-7-8-27(21-47)20-39-34(51)23-46(4)5)29(36(48)52)13-14-31-43-44-45-49(31)22-25-9-11-28(53-6)12-10-25/h9-15,17-18,24,27H,7-8,16,19-23H2,1-6H3,(H,39,51)(H,40,42,50)/b14-13+. The van der Waals surface area contributed by atoms with E-state index in [1.165, 1.54) is 15.7 Å². The van der Waals surface area contributed by atoms with Gasteiger partial charge in [0.2, 0.25) is 11.8 Å². The fraction of sp³-hybridized carbons (Fsp3) is 0.421. The van der Waals surface area contributed by atoms with Gasteiger partial charge in [-0.1, -0.05) is 32.9 Å². The summed E-state index contributed by atoms with van der Waals surface area (Å²) in [7, 11) is 5.34. The molecule has 0 radical (unpaired) electrons. The minimum absolute atomic E-state index is 0.0312. The van der Waals surface area contributed by atoms with Gasteiger partial charge in [0, 0.05) is 36.6 Å². The van der Waals surface area contributed by atoms with Crippen molar-refractivity contribution < 1.29 is 14.3 Å². The van der Waals surface area contributed by atoms with Crippen molar-refractivity contribution in [3.63, 3.8) is 0 Å². The van der Waals surface area contributed by atoms with E-state index in [0.29, 0.717) is 66.3 Å². The first-order valence-corrected chi connectivity index (χ1v) is 18.8. The van der Waals surface area contributed by atoms with Gasteiger partial charge in [0.25, 0.3) is 5.56 Å². The Hall–Kier alpha value is -5.48. The molecule has 1 fully saturated rings. The highest BCUT2D eigenvalue weighted by molar-refractivity contribution is 7.14. The van der Waals surface area contributed by atoms with Crippen molar-refractivity contribution in [2.75, 3.05) is 57.6 Å². The maximum atomic E-state index is 14.3. The fourth-order valence-corrected chi connectivity index (χ4v) is 7.19. The van der Waals surface area contributed by atoms with Crippen LogP contribution in [0.15, 0.2) is 52.8 Å². The number of tetrazole rings is 1. The number of pyridine rings is 1. The number of amides is 2. The van der Waals surface area contributed by atoms with Crippen molar-refractivity contribution in [3.05, 3.63) is 86.5 Å². The van der Waals surface area contributed by atoms with Crippen molar-refractivity contribution in [2.24, 2.45) is 5.92 Å². The minimum Gasteiger partial charge on any atom is -0.497 e. The molecule has 16 heteroatoms. The van der Waals surface area contributed by atoms with Gasteiger partial charge in [-0.3, -0.25) is 18.8 Å².